The molecule has 1 aromatic rings. The fourth-order valence-electron chi connectivity index (χ4n) is 3.16. The first kappa shape index (κ1) is 12.6. The van der Waals surface area contributed by atoms with E-state index in [-0.39, 0.29) is 5.41 Å². The van der Waals surface area contributed by atoms with Gasteiger partial charge in [0.05, 0.1) is 5.69 Å². The van der Waals surface area contributed by atoms with Crippen LogP contribution in [0.2, 0.25) is 0 Å². The maximum absolute atomic E-state index is 10.9. The lowest BCUT2D eigenvalue weighted by Crippen LogP contribution is -2.38. The van der Waals surface area contributed by atoms with Gasteiger partial charge in [-0.1, -0.05) is 20.8 Å². The number of aromatic nitrogens is 2. The standard InChI is InChI=1S/C14H24N2O/c1-4-10-16-12(6-9-15-16)14(17)8-5-7-13(2,3)11-14/h6,9,17H,4-5,7-8,10-11H2,1-3H3. The molecular formula is C14H24N2O. The van der Waals surface area contributed by atoms with Crippen molar-refractivity contribution >= 4 is 0 Å². The molecule has 0 amide bonds. The van der Waals surface area contributed by atoms with Crippen molar-refractivity contribution in [2.24, 2.45) is 5.41 Å². The summed E-state index contributed by atoms with van der Waals surface area (Å²) in [7, 11) is 0. The van der Waals surface area contributed by atoms with Gasteiger partial charge in [0, 0.05) is 12.7 Å². The normalized spacial score (nSPS) is 28.2. The topological polar surface area (TPSA) is 38.0 Å². The Labute approximate surface area is 104 Å². The molecule has 0 aliphatic heterocycles. The van der Waals surface area contributed by atoms with E-state index >= 15 is 0 Å². The van der Waals surface area contributed by atoms with E-state index in [0.29, 0.717) is 0 Å². The van der Waals surface area contributed by atoms with Crippen molar-refractivity contribution in [2.75, 3.05) is 0 Å². The molecule has 0 bridgehead atoms. The first-order chi connectivity index (χ1) is 7.97. The molecule has 1 saturated carbocycles. The van der Waals surface area contributed by atoms with E-state index in [2.05, 4.69) is 25.9 Å². The molecule has 0 radical (unpaired) electrons. The quantitative estimate of drug-likeness (QED) is 0.875. The van der Waals surface area contributed by atoms with Crippen LogP contribution >= 0.6 is 0 Å². The van der Waals surface area contributed by atoms with Crippen LogP contribution in [0.25, 0.3) is 0 Å². The van der Waals surface area contributed by atoms with Crippen LogP contribution in [0.5, 0.6) is 0 Å². The molecule has 1 N–H and O–H groups in total. The van der Waals surface area contributed by atoms with Crippen LogP contribution in [0.1, 0.15) is 58.6 Å². The first-order valence-corrected chi connectivity index (χ1v) is 6.71. The summed E-state index contributed by atoms with van der Waals surface area (Å²) in [6, 6.07) is 1.98. The van der Waals surface area contributed by atoms with Crippen molar-refractivity contribution in [1.29, 1.82) is 0 Å². The SMILES string of the molecule is CCCn1nccc1C1(O)CCCC(C)(C)C1. The molecule has 3 heteroatoms. The van der Waals surface area contributed by atoms with E-state index in [4.69, 9.17) is 0 Å². The zero-order valence-corrected chi connectivity index (χ0v) is 11.2. The largest absolute Gasteiger partial charge is 0.384 e. The third kappa shape index (κ3) is 2.54. The van der Waals surface area contributed by atoms with E-state index in [1.165, 1.54) is 6.42 Å². The van der Waals surface area contributed by atoms with E-state index in [0.717, 1.165) is 37.9 Å². The van der Waals surface area contributed by atoms with Gasteiger partial charge in [-0.15, -0.1) is 0 Å². The van der Waals surface area contributed by atoms with E-state index < -0.39 is 5.60 Å². The second-order valence-corrected chi connectivity index (χ2v) is 6.17. The second kappa shape index (κ2) is 4.45. The second-order valence-electron chi connectivity index (χ2n) is 6.17. The highest BCUT2D eigenvalue weighted by Gasteiger charge is 2.41. The molecule has 0 spiro atoms. The predicted octanol–water partition coefficient (Wildman–Crippen LogP) is 3.08. The fraction of sp³-hybridized carbons (Fsp3) is 0.786. The van der Waals surface area contributed by atoms with Crippen LogP contribution in [0, 0.1) is 5.41 Å². The summed E-state index contributed by atoms with van der Waals surface area (Å²) >= 11 is 0. The average Bonchev–Trinajstić information content (AvgIpc) is 2.65. The van der Waals surface area contributed by atoms with Crippen LogP contribution in [0.15, 0.2) is 12.3 Å². The Hall–Kier alpha value is -0.830. The van der Waals surface area contributed by atoms with Gasteiger partial charge in [0.15, 0.2) is 0 Å². The lowest BCUT2D eigenvalue weighted by atomic mass is 9.68. The number of hydrogen-bond donors (Lipinski definition) is 1. The number of rotatable bonds is 3. The van der Waals surface area contributed by atoms with Crippen molar-refractivity contribution < 1.29 is 5.11 Å². The highest BCUT2D eigenvalue weighted by Crippen LogP contribution is 2.46. The van der Waals surface area contributed by atoms with Gasteiger partial charge >= 0.3 is 0 Å². The smallest absolute Gasteiger partial charge is 0.107 e. The Morgan fingerprint density at radius 1 is 1.41 bits per heavy atom. The third-order valence-electron chi connectivity index (χ3n) is 3.84. The molecule has 1 fully saturated rings. The van der Waals surface area contributed by atoms with Crippen LogP contribution in [0.4, 0.5) is 0 Å². The molecule has 0 saturated heterocycles. The molecule has 3 nitrogen and oxygen atoms in total. The molecule has 1 aromatic heterocycles. The molecule has 96 valence electrons. The summed E-state index contributed by atoms with van der Waals surface area (Å²) in [4.78, 5) is 0. The predicted molar refractivity (Wildman–Crippen MR) is 68.7 cm³/mol. The first-order valence-electron chi connectivity index (χ1n) is 6.71. The molecule has 1 heterocycles. The highest BCUT2D eigenvalue weighted by atomic mass is 16.3. The van der Waals surface area contributed by atoms with Crippen LogP contribution in [-0.2, 0) is 12.1 Å². The summed E-state index contributed by atoms with van der Waals surface area (Å²) in [5, 5.41) is 15.2. The zero-order valence-electron chi connectivity index (χ0n) is 11.2. The number of hydrogen-bond acceptors (Lipinski definition) is 2. The highest BCUT2D eigenvalue weighted by molar-refractivity contribution is 5.14. The van der Waals surface area contributed by atoms with E-state index in [1.807, 2.05) is 16.9 Å². The minimum atomic E-state index is -0.673. The van der Waals surface area contributed by atoms with Gasteiger partial charge in [-0.05, 0) is 43.6 Å². The van der Waals surface area contributed by atoms with Crippen molar-refractivity contribution in [3.63, 3.8) is 0 Å². The van der Waals surface area contributed by atoms with Gasteiger partial charge < -0.3 is 5.11 Å². The maximum Gasteiger partial charge on any atom is 0.107 e. The zero-order chi connectivity index (χ0) is 12.5. The van der Waals surface area contributed by atoms with Crippen molar-refractivity contribution in [1.82, 2.24) is 9.78 Å². The Morgan fingerprint density at radius 3 is 2.82 bits per heavy atom. The lowest BCUT2D eigenvalue weighted by molar-refractivity contribution is -0.0506. The summed E-state index contributed by atoms with van der Waals surface area (Å²) in [5.41, 5.74) is 0.564. The number of aryl methyl sites for hydroxylation is 1. The molecule has 17 heavy (non-hydrogen) atoms. The summed E-state index contributed by atoms with van der Waals surface area (Å²) in [6.45, 7) is 7.53. The van der Waals surface area contributed by atoms with Gasteiger partial charge in [0.2, 0.25) is 0 Å². The summed E-state index contributed by atoms with van der Waals surface area (Å²) in [5.74, 6) is 0. The van der Waals surface area contributed by atoms with Crippen LogP contribution in [0.3, 0.4) is 0 Å². The van der Waals surface area contributed by atoms with Crippen LogP contribution < -0.4 is 0 Å². The van der Waals surface area contributed by atoms with E-state index in [9.17, 15) is 5.11 Å². The van der Waals surface area contributed by atoms with Crippen molar-refractivity contribution in [3.8, 4) is 0 Å². The van der Waals surface area contributed by atoms with Gasteiger partial charge in [-0.3, -0.25) is 4.68 Å². The van der Waals surface area contributed by atoms with Gasteiger partial charge in [-0.2, -0.15) is 5.10 Å². The number of aliphatic hydroxyl groups is 1. The maximum atomic E-state index is 10.9. The van der Waals surface area contributed by atoms with E-state index in [1.54, 1.807) is 0 Å². The fourth-order valence-corrected chi connectivity index (χ4v) is 3.16. The Kier molecular flexibility index (Phi) is 3.30. The summed E-state index contributed by atoms with van der Waals surface area (Å²) < 4.78 is 1.97. The third-order valence-corrected chi connectivity index (χ3v) is 3.84. The van der Waals surface area contributed by atoms with Gasteiger partial charge in [-0.25, -0.2) is 0 Å². The Balaban J connectivity index is 2.27. The average molecular weight is 236 g/mol. The Morgan fingerprint density at radius 2 is 2.18 bits per heavy atom. The molecule has 1 unspecified atom stereocenters. The molecule has 1 atom stereocenters. The summed E-state index contributed by atoms with van der Waals surface area (Å²) in [6.07, 6.45) is 6.87. The Bertz CT molecular complexity index is 383. The van der Waals surface area contributed by atoms with Crippen molar-refractivity contribution in [3.05, 3.63) is 18.0 Å². The van der Waals surface area contributed by atoms with Crippen molar-refractivity contribution in [2.45, 2.75) is 65.0 Å². The number of nitrogens with zero attached hydrogens (tertiary/aromatic N) is 2. The molecular weight excluding hydrogens is 212 g/mol. The molecule has 1 aliphatic rings. The van der Waals surface area contributed by atoms with Crippen LogP contribution in [-0.4, -0.2) is 14.9 Å². The van der Waals surface area contributed by atoms with Gasteiger partial charge in [0.25, 0.3) is 0 Å². The molecule has 1 aliphatic carbocycles. The molecule has 0 aromatic carbocycles. The monoisotopic (exact) mass is 236 g/mol. The minimum absolute atomic E-state index is 0.230. The minimum Gasteiger partial charge on any atom is -0.384 e. The van der Waals surface area contributed by atoms with Gasteiger partial charge in [0.1, 0.15) is 5.60 Å². The molecule has 2 rings (SSSR count). The lowest BCUT2D eigenvalue weighted by Gasteiger charge is -2.41.